The van der Waals surface area contributed by atoms with Crippen LogP contribution in [0.4, 0.5) is 0 Å². The number of nitrogens with zero attached hydrogens (tertiary/aromatic N) is 3. The first-order chi connectivity index (χ1) is 14.5. The number of benzene rings is 2. The van der Waals surface area contributed by atoms with Gasteiger partial charge < -0.3 is 10.0 Å². The van der Waals surface area contributed by atoms with Crippen molar-refractivity contribution in [3.8, 4) is 0 Å². The van der Waals surface area contributed by atoms with Crippen LogP contribution in [0.5, 0.6) is 0 Å². The Morgan fingerprint density at radius 3 is 2.57 bits per heavy atom. The molecule has 0 spiro atoms. The first kappa shape index (κ1) is 22.1. The lowest BCUT2D eigenvalue weighted by Gasteiger charge is -2.24. The summed E-state index contributed by atoms with van der Waals surface area (Å²) in [7, 11) is 0. The lowest BCUT2D eigenvalue weighted by molar-refractivity contribution is -0.130. The summed E-state index contributed by atoms with van der Waals surface area (Å²) in [4.78, 5) is 32.5. The Labute approximate surface area is 180 Å². The molecule has 0 saturated carbocycles. The van der Waals surface area contributed by atoms with Crippen LogP contribution in [-0.2, 0) is 17.9 Å². The zero-order chi connectivity index (χ0) is 21.5. The lowest BCUT2D eigenvalue weighted by Crippen LogP contribution is -2.36. The lowest BCUT2D eigenvalue weighted by atomic mass is 10.2. The minimum Gasteiger partial charge on any atom is -0.396 e. The van der Waals surface area contributed by atoms with Gasteiger partial charge >= 0.3 is 0 Å². The third-order valence-electron chi connectivity index (χ3n) is 4.91. The molecule has 0 aliphatic carbocycles. The fourth-order valence-electron chi connectivity index (χ4n) is 3.28. The van der Waals surface area contributed by atoms with Gasteiger partial charge in [-0.15, -0.1) is 0 Å². The Bertz CT molecular complexity index is 1050. The van der Waals surface area contributed by atoms with E-state index in [2.05, 4.69) is 4.98 Å². The first-order valence-corrected chi connectivity index (χ1v) is 11.0. The third-order valence-corrected chi connectivity index (χ3v) is 5.98. The SMILES string of the molecule is CCN(Cc1ccccc1)C(=O)C(C)Sc1nc2ccccc2c(=O)n1CCCO. The topological polar surface area (TPSA) is 75.4 Å². The highest BCUT2D eigenvalue weighted by atomic mass is 32.2. The molecule has 0 radical (unpaired) electrons. The number of aromatic nitrogens is 2. The van der Waals surface area contributed by atoms with Gasteiger partial charge in [0.2, 0.25) is 5.91 Å². The van der Waals surface area contributed by atoms with Crippen LogP contribution in [0.3, 0.4) is 0 Å². The van der Waals surface area contributed by atoms with Crippen molar-refractivity contribution in [3.05, 3.63) is 70.5 Å². The summed E-state index contributed by atoms with van der Waals surface area (Å²) >= 11 is 1.29. The molecule has 7 heteroatoms. The molecule has 1 amide bonds. The van der Waals surface area contributed by atoms with Crippen molar-refractivity contribution in [2.45, 2.75) is 43.8 Å². The van der Waals surface area contributed by atoms with Crippen molar-refractivity contribution in [1.82, 2.24) is 14.5 Å². The molecule has 0 fully saturated rings. The molecule has 158 valence electrons. The molecule has 1 aromatic heterocycles. The van der Waals surface area contributed by atoms with Crippen LogP contribution in [0, 0.1) is 0 Å². The van der Waals surface area contributed by atoms with Crippen LogP contribution < -0.4 is 5.56 Å². The summed E-state index contributed by atoms with van der Waals surface area (Å²) in [5.74, 6) is 0.00229. The molecule has 3 aromatic rings. The first-order valence-electron chi connectivity index (χ1n) is 10.1. The summed E-state index contributed by atoms with van der Waals surface area (Å²) in [6.45, 7) is 5.29. The molecule has 1 unspecified atom stereocenters. The van der Waals surface area contributed by atoms with E-state index in [0.717, 1.165) is 5.56 Å². The van der Waals surface area contributed by atoms with Gasteiger partial charge in [0.15, 0.2) is 5.16 Å². The summed E-state index contributed by atoms with van der Waals surface area (Å²) in [6, 6.07) is 17.1. The van der Waals surface area contributed by atoms with Crippen molar-refractivity contribution in [2.75, 3.05) is 13.2 Å². The van der Waals surface area contributed by atoms with Gasteiger partial charge in [-0.1, -0.05) is 54.2 Å². The number of aliphatic hydroxyl groups excluding tert-OH is 1. The quantitative estimate of drug-likeness (QED) is 0.421. The second kappa shape index (κ2) is 10.4. The molecule has 1 N–H and O–H groups in total. The monoisotopic (exact) mass is 425 g/mol. The molecular weight excluding hydrogens is 398 g/mol. The van der Waals surface area contributed by atoms with Gasteiger partial charge in [-0.2, -0.15) is 0 Å². The van der Waals surface area contributed by atoms with Gasteiger partial charge in [-0.05, 0) is 38.0 Å². The van der Waals surface area contributed by atoms with E-state index in [0.29, 0.717) is 42.1 Å². The number of carbonyl (C=O) groups is 1. The number of aliphatic hydroxyl groups is 1. The normalized spacial score (nSPS) is 12.1. The van der Waals surface area contributed by atoms with Gasteiger partial charge in [-0.3, -0.25) is 14.2 Å². The smallest absolute Gasteiger partial charge is 0.262 e. The number of fused-ring (bicyclic) bond motifs is 1. The highest BCUT2D eigenvalue weighted by Crippen LogP contribution is 2.24. The maximum absolute atomic E-state index is 13.1. The second-order valence-electron chi connectivity index (χ2n) is 7.04. The van der Waals surface area contributed by atoms with Gasteiger partial charge in [0.05, 0.1) is 16.2 Å². The summed E-state index contributed by atoms with van der Waals surface area (Å²) in [6.07, 6.45) is 0.449. The van der Waals surface area contributed by atoms with Crippen molar-refractivity contribution in [1.29, 1.82) is 0 Å². The van der Waals surface area contributed by atoms with Crippen molar-refractivity contribution < 1.29 is 9.90 Å². The maximum atomic E-state index is 13.1. The number of para-hydroxylation sites is 1. The van der Waals surface area contributed by atoms with Gasteiger partial charge in [0.1, 0.15) is 0 Å². The molecule has 3 rings (SSSR count). The van der Waals surface area contributed by atoms with Gasteiger partial charge in [0, 0.05) is 26.2 Å². The second-order valence-corrected chi connectivity index (χ2v) is 8.35. The number of amides is 1. The maximum Gasteiger partial charge on any atom is 0.262 e. The minimum absolute atomic E-state index is 0.00229. The average Bonchev–Trinajstić information content (AvgIpc) is 2.77. The fourth-order valence-corrected chi connectivity index (χ4v) is 4.30. The Balaban J connectivity index is 1.86. The number of rotatable bonds is 9. The molecule has 6 nitrogen and oxygen atoms in total. The summed E-state index contributed by atoms with van der Waals surface area (Å²) < 4.78 is 1.57. The molecular formula is C23H27N3O3S. The van der Waals surface area contributed by atoms with Crippen molar-refractivity contribution >= 4 is 28.6 Å². The molecule has 0 aliphatic rings. The largest absolute Gasteiger partial charge is 0.396 e. The van der Waals surface area contributed by atoms with E-state index >= 15 is 0 Å². The van der Waals surface area contributed by atoms with Crippen LogP contribution >= 0.6 is 11.8 Å². The summed E-state index contributed by atoms with van der Waals surface area (Å²) in [5, 5.41) is 9.88. The minimum atomic E-state index is -0.401. The van der Waals surface area contributed by atoms with Gasteiger partial charge in [-0.25, -0.2) is 4.98 Å². The van der Waals surface area contributed by atoms with Crippen LogP contribution in [-0.4, -0.2) is 43.9 Å². The Morgan fingerprint density at radius 1 is 1.17 bits per heavy atom. The predicted octanol–water partition coefficient (Wildman–Crippen LogP) is 3.31. The fraction of sp³-hybridized carbons (Fsp3) is 0.348. The van der Waals surface area contributed by atoms with Gasteiger partial charge in [0.25, 0.3) is 5.56 Å². The molecule has 0 aliphatic heterocycles. The highest BCUT2D eigenvalue weighted by molar-refractivity contribution is 8.00. The number of hydrogen-bond acceptors (Lipinski definition) is 5. The van der Waals surface area contributed by atoms with Crippen LogP contribution in [0.25, 0.3) is 10.9 Å². The number of thioether (sulfide) groups is 1. The van der Waals surface area contributed by atoms with Crippen LogP contribution in [0.1, 0.15) is 25.8 Å². The average molecular weight is 426 g/mol. The van der Waals surface area contributed by atoms with Crippen LogP contribution in [0.15, 0.2) is 64.5 Å². The van der Waals surface area contributed by atoms with E-state index in [1.54, 1.807) is 16.7 Å². The van der Waals surface area contributed by atoms with Crippen molar-refractivity contribution in [2.24, 2.45) is 0 Å². The zero-order valence-electron chi connectivity index (χ0n) is 17.3. The Morgan fingerprint density at radius 2 is 1.87 bits per heavy atom. The molecule has 0 bridgehead atoms. The van der Waals surface area contributed by atoms with E-state index < -0.39 is 5.25 Å². The molecule has 1 atom stereocenters. The summed E-state index contributed by atoms with van der Waals surface area (Å²) in [5.41, 5.74) is 1.54. The standard InChI is InChI=1S/C23H27N3O3S/c1-3-25(16-18-10-5-4-6-11-18)21(28)17(2)30-23-24-20-13-8-7-12-19(20)22(29)26(23)14-9-15-27/h4-8,10-13,17,27H,3,9,14-16H2,1-2H3. The van der Waals surface area contributed by atoms with E-state index in [1.165, 1.54) is 11.8 Å². The molecule has 30 heavy (non-hydrogen) atoms. The number of hydrogen-bond donors (Lipinski definition) is 1. The highest BCUT2D eigenvalue weighted by Gasteiger charge is 2.23. The molecule has 0 saturated heterocycles. The predicted molar refractivity (Wildman–Crippen MR) is 121 cm³/mol. The Hall–Kier alpha value is -2.64. The van der Waals surface area contributed by atoms with E-state index in [1.807, 2.05) is 61.2 Å². The molecule has 2 aromatic carbocycles. The zero-order valence-corrected chi connectivity index (χ0v) is 18.1. The van der Waals surface area contributed by atoms with Crippen molar-refractivity contribution in [3.63, 3.8) is 0 Å². The van der Waals surface area contributed by atoms with E-state index in [4.69, 9.17) is 0 Å². The Kier molecular flexibility index (Phi) is 7.65. The van der Waals surface area contributed by atoms with E-state index in [9.17, 15) is 14.7 Å². The van der Waals surface area contributed by atoms with E-state index in [-0.39, 0.29) is 18.1 Å². The number of carbonyl (C=O) groups excluding carboxylic acids is 1. The molecule has 1 heterocycles. The van der Waals surface area contributed by atoms with Crippen LogP contribution in [0.2, 0.25) is 0 Å². The third kappa shape index (κ3) is 5.09.